The topological polar surface area (TPSA) is 96.0 Å². The van der Waals surface area contributed by atoms with Gasteiger partial charge in [-0.2, -0.15) is 0 Å². The quantitative estimate of drug-likeness (QED) is 0.315. The first-order valence-electron chi connectivity index (χ1n) is 10.2. The summed E-state index contributed by atoms with van der Waals surface area (Å²) in [5.74, 6) is -0.721. The van der Waals surface area contributed by atoms with Crippen LogP contribution in [0.1, 0.15) is 15.9 Å². The summed E-state index contributed by atoms with van der Waals surface area (Å²) in [6.45, 7) is 1.92. The van der Waals surface area contributed by atoms with Crippen molar-refractivity contribution in [1.29, 1.82) is 4.78 Å². The molecule has 4 aromatic carbocycles. The lowest BCUT2D eigenvalue weighted by Gasteiger charge is -2.12. The molecule has 0 bridgehead atoms. The van der Waals surface area contributed by atoms with Gasteiger partial charge in [-0.15, -0.1) is 0 Å². The number of anilines is 2. The van der Waals surface area contributed by atoms with Crippen LogP contribution in [0.4, 0.5) is 15.8 Å². The molecule has 0 aliphatic rings. The van der Waals surface area contributed by atoms with Gasteiger partial charge in [0.05, 0.1) is 21.2 Å². The number of halogens is 1. The van der Waals surface area contributed by atoms with Crippen molar-refractivity contribution in [3.63, 3.8) is 0 Å². The standard InChI is InChI=1S/C26H22FN3O2S/c1-17-2-11-22(12-3-17)33(29,32)23-13-6-19(7-14-23)26(31)30-25-16-20(8-15-24(25)28)18-4-9-21(27)10-5-18/h2-16,29H,28H2,1H3,(H,30,31). The fourth-order valence-electron chi connectivity index (χ4n) is 3.34. The van der Waals surface area contributed by atoms with E-state index in [1.165, 1.54) is 36.4 Å². The van der Waals surface area contributed by atoms with Crippen LogP contribution in [0.2, 0.25) is 0 Å². The summed E-state index contributed by atoms with van der Waals surface area (Å²) in [4.78, 5) is 13.5. The van der Waals surface area contributed by atoms with Crippen molar-refractivity contribution in [3.8, 4) is 11.1 Å². The number of rotatable bonds is 5. The fourth-order valence-corrected chi connectivity index (χ4v) is 4.66. The zero-order valence-corrected chi connectivity index (χ0v) is 18.7. The van der Waals surface area contributed by atoms with E-state index in [9.17, 15) is 13.4 Å². The van der Waals surface area contributed by atoms with Crippen LogP contribution in [0.3, 0.4) is 0 Å². The summed E-state index contributed by atoms with van der Waals surface area (Å²) in [6, 6.07) is 24.4. The van der Waals surface area contributed by atoms with Gasteiger partial charge >= 0.3 is 0 Å². The van der Waals surface area contributed by atoms with Crippen LogP contribution in [0, 0.1) is 17.5 Å². The van der Waals surface area contributed by atoms with Crippen LogP contribution in [0.5, 0.6) is 0 Å². The Balaban J connectivity index is 1.55. The Morgan fingerprint density at radius 3 is 2.00 bits per heavy atom. The Morgan fingerprint density at radius 2 is 1.39 bits per heavy atom. The predicted octanol–water partition coefficient (Wildman–Crippen LogP) is 6.10. The number of hydrogen-bond acceptors (Lipinski definition) is 4. The Labute approximate surface area is 192 Å². The van der Waals surface area contributed by atoms with E-state index in [-0.39, 0.29) is 5.82 Å². The third-order valence-electron chi connectivity index (χ3n) is 5.28. The van der Waals surface area contributed by atoms with Crippen LogP contribution in [-0.2, 0) is 9.73 Å². The van der Waals surface area contributed by atoms with Crippen LogP contribution >= 0.6 is 0 Å². The molecule has 1 atom stereocenters. The average Bonchev–Trinajstić information content (AvgIpc) is 2.81. The van der Waals surface area contributed by atoms with E-state index >= 15 is 0 Å². The van der Waals surface area contributed by atoms with E-state index < -0.39 is 15.6 Å². The predicted molar refractivity (Wildman–Crippen MR) is 129 cm³/mol. The maximum Gasteiger partial charge on any atom is 0.255 e. The molecule has 0 saturated carbocycles. The number of nitrogen functional groups attached to an aromatic ring is 1. The van der Waals surface area contributed by atoms with Gasteiger partial charge in [0.1, 0.15) is 15.5 Å². The van der Waals surface area contributed by atoms with E-state index in [0.29, 0.717) is 26.7 Å². The lowest BCUT2D eigenvalue weighted by Crippen LogP contribution is -2.13. The van der Waals surface area contributed by atoms with Gasteiger partial charge in [-0.25, -0.2) is 13.4 Å². The zero-order valence-electron chi connectivity index (χ0n) is 17.8. The zero-order chi connectivity index (χ0) is 23.6. The van der Waals surface area contributed by atoms with Gasteiger partial charge in [0, 0.05) is 5.56 Å². The molecule has 33 heavy (non-hydrogen) atoms. The highest BCUT2D eigenvalue weighted by Crippen LogP contribution is 2.28. The SMILES string of the molecule is Cc1ccc(S(=N)(=O)c2ccc(C(=O)Nc3cc(-c4ccc(F)cc4)ccc3N)cc2)cc1. The number of carbonyl (C=O) groups excluding carboxylic acids is 1. The molecule has 4 aromatic rings. The van der Waals surface area contributed by atoms with Gasteiger partial charge in [-0.1, -0.05) is 35.9 Å². The van der Waals surface area contributed by atoms with Crippen LogP contribution in [-0.4, -0.2) is 10.1 Å². The summed E-state index contributed by atoms with van der Waals surface area (Å²) < 4.78 is 34.6. The fraction of sp³-hybridized carbons (Fsp3) is 0.0385. The van der Waals surface area contributed by atoms with Crippen LogP contribution in [0.15, 0.2) is 101 Å². The van der Waals surface area contributed by atoms with E-state index in [1.807, 2.05) is 19.1 Å². The third-order valence-corrected chi connectivity index (χ3v) is 7.15. The molecule has 0 aliphatic carbocycles. The molecule has 1 unspecified atom stereocenters. The minimum atomic E-state index is -3.18. The van der Waals surface area contributed by atoms with E-state index in [0.717, 1.165) is 16.7 Å². The molecule has 4 N–H and O–H groups in total. The summed E-state index contributed by atoms with van der Waals surface area (Å²) in [5.41, 5.74) is 9.77. The second-order valence-electron chi connectivity index (χ2n) is 7.66. The van der Waals surface area contributed by atoms with Gasteiger partial charge < -0.3 is 11.1 Å². The Kier molecular flexibility index (Phi) is 5.98. The Hall–Kier alpha value is -3.97. The number of nitrogens with two attached hydrogens (primary N) is 1. The summed E-state index contributed by atoms with van der Waals surface area (Å²) >= 11 is 0. The smallest absolute Gasteiger partial charge is 0.255 e. The maximum absolute atomic E-state index is 13.2. The highest BCUT2D eigenvalue weighted by molar-refractivity contribution is 7.92. The normalized spacial score (nSPS) is 12.7. The van der Waals surface area contributed by atoms with Gasteiger partial charge in [0.15, 0.2) is 0 Å². The van der Waals surface area contributed by atoms with Crippen molar-refractivity contribution in [2.45, 2.75) is 16.7 Å². The molecule has 7 heteroatoms. The van der Waals surface area contributed by atoms with Crippen molar-refractivity contribution in [1.82, 2.24) is 0 Å². The molecule has 0 aromatic heterocycles. The van der Waals surface area contributed by atoms with E-state index in [1.54, 1.807) is 42.5 Å². The number of amides is 1. The van der Waals surface area contributed by atoms with E-state index in [2.05, 4.69) is 5.32 Å². The minimum absolute atomic E-state index is 0.320. The summed E-state index contributed by atoms with van der Waals surface area (Å²) in [6.07, 6.45) is 0. The number of carbonyl (C=O) groups is 1. The van der Waals surface area contributed by atoms with Crippen LogP contribution in [0.25, 0.3) is 11.1 Å². The highest BCUT2D eigenvalue weighted by atomic mass is 32.2. The first kappa shape index (κ1) is 22.2. The first-order chi connectivity index (χ1) is 15.7. The highest BCUT2D eigenvalue weighted by Gasteiger charge is 2.15. The van der Waals surface area contributed by atoms with Crippen molar-refractivity contribution < 1.29 is 13.4 Å². The maximum atomic E-state index is 13.2. The summed E-state index contributed by atoms with van der Waals surface area (Å²) in [5, 5.41) is 2.79. The first-order valence-corrected chi connectivity index (χ1v) is 11.7. The average molecular weight is 460 g/mol. The molecule has 0 spiro atoms. The van der Waals surface area contributed by atoms with Crippen molar-refractivity contribution in [2.75, 3.05) is 11.1 Å². The second-order valence-corrected chi connectivity index (χ2v) is 9.71. The lowest BCUT2D eigenvalue weighted by atomic mass is 10.0. The summed E-state index contributed by atoms with van der Waals surface area (Å²) in [7, 11) is -3.18. The number of aryl methyl sites for hydroxylation is 1. The molecule has 5 nitrogen and oxygen atoms in total. The Bertz CT molecular complexity index is 1410. The number of nitrogens with one attached hydrogen (secondary N) is 2. The molecule has 0 heterocycles. The van der Waals surface area contributed by atoms with Gasteiger partial charge in [-0.05, 0) is 78.7 Å². The van der Waals surface area contributed by atoms with Crippen molar-refractivity contribution in [2.24, 2.45) is 0 Å². The van der Waals surface area contributed by atoms with Crippen molar-refractivity contribution in [3.05, 3.63) is 108 Å². The Morgan fingerprint density at radius 1 is 0.848 bits per heavy atom. The van der Waals surface area contributed by atoms with Crippen LogP contribution < -0.4 is 11.1 Å². The molecular weight excluding hydrogens is 437 g/mol. The van der Waals surface area contributed by atoms with E-state index in [4.69, 9.17) is 10.5 Å². The molecule has 0 saturated heterocycles. The molecule has 0 fully saturated rings. The third kappa shape index (κ3) is 4.78. The van der Waals surface area contributed by atoms with Gasteiger partial charge in [-0.3, -0.25) is 4.79 Å². The molecule has 1 amide bonds. The van der Waals surface area contributed by atoms with Crippen molar-refractivity contribution >= 4 is 27.0 Å². The number of hydrogen-bond donors (Lipinski definition) is 3. The molecular formula is C26H22FN3O2S. The second kappa shape index (κ2) is 8.88. The molecule has 0 aliphatic heterocycles. The largest absolute Gasteiger partial charge is 0.397 e. The van der Waals surface area contributed by atoms with Gasteiger partial charge in [0.2, 0.25) is 0 Å². The monoisotopic (exact) mass is 459 g/mol. The molecule has 4 rings (SSSR count). The molecule has 0 radical (unpaired) electrons. The van der Waals surface area contributed by atoms with Gasteiger partial charge in [0.25, 0.3) is 5.91 Å². The minimum Gasteiger partial charge on any atom is -0.397 e. The molecule has 166 valence electrons. The lowest BCUT2D eigenvalue weighted by molar-refractivity contribution is 0.102. The number of benzene rings is 4.